The molecule has 0 amide bonds. The highest BCUT2D eigenvalue weighted by Gasteiger charge is 2.14. The second-order valence-electron chi connectivity index (χ2n) is 5.59. The molecule has 8 heteroatoms. The molecular formula is C18H11ClN6S. The predicted octanol–water partition coefficient (Wildman–Crippen LogP) is 4.80. The molecule has 0 unspecified atom stereocenters. The van der Waals surface area contributed by atoms with E-state index in [4.69, 9.17) is 11.6 Å². The van der Waals surface area contributed by atoms with Gasteiger partial charge in [-0.25, -0.2) is 14.5 Å². The zero-order chi connectivity index (χ0) is 17.5. The molecule has 1 N–H and O–H groups in total. The minimum absolute atomic E-state index is 0.283. The molecule has 26 heavy (non-hydrogen) atoms. The lowest BCUT2D eigenvalue weighted by atomic mass is 10.2. The van der Waals surface area contributed by atoms with Crippen LogP contribution in [0.15, 0.2) is 60.0 Å². The molecule has 5 aromatic rings. The summed E-state index contributed by atoms with van der Waals surface area (Å²) in [5.74, 6) is 0.866. The summed E-state index contributed by atoms with van der Waals surface area (Å²) < 4.78 is 1.81. The first-order valence-electron chi connectivity index (χ1n) is 7.87. The first-order valence-corrected chi connectivity index (χ1v) is 9.13. The summed E-state index contributed by atoms with van der Waals surface area (Å²) in [6.45, 7) is 0. The molecule has 126 valence electrons. The molecule has 0 bridgehead atoms. The molecular weight excluding hydrogens is 368 g/mol. The smallest absolute Gasteiger partial charge is 0.249 e. The van der Waals surface area contributed by atoms with Gasteiger partial charge in [-0.15, -0.1) is 16.4 Å². The van der Waals surface area contributed by atoms with E-state index in [-0.39, 0.29) is 5.15 Å². The molecule has 0 spiro atoms. The molecule has 6 nitrogen and oxygen atoms in total. The highest BCUT2D eigenvalue weighted by atomic mass is 35.5. The first kappa shape index (κ1) is 15.2. The molecule has 0 fully saturated rings. The number of hydrogen-bond acceptors (Lipinski definition) is 6. The van der Waals surface area contributed by atoms with E-state index in [1.807, 2.05) is 64.5 Å². The summed E-state index contributed by atoms with van der Waals surface area (Å²) in [4.78, 5) is 14.2. The molecule has 0 aliphatic carbocycles. The Morgan fingerprint density at radius 2 is 1.62 bits per heavy atom. The van der Waals surface area contributed by atoms with Crippen molar-refractivity contribution in [2.24, 2.45) is 0 Å². The van der Waals surface area contributed by atoms with Crippen LogP contribution in [0.4, 0.5) is 11.8 Å². The highest BCUT2D eigenvalue weighted by Crippen LogP contribution is 2.28. The Balaban J connectivity index is 1.54. The van der Waals surface area contributed by atoms with Crippen LogP contribution in [0.1, 0.15) is 0 Å². The van der Waals surface area contributed by atoms with Crippen molar-refractivity contribution in [2.45, 2.75) is 0 Å². The van der Waals surface area contributed by atoms with Gasteiger partial charge in [-0.2, -0.15) is 4.98 Å². The Labute approximate surface area is 157 Å². The Kier molecular flexibility index (Phi) is 3.55. The van der Waals surface area contributed by atoms with Gasteiger partial charge in [-0.3, -0.25) is 0 Å². The molecule has 5 rings (SSSR count). The van der Waals surface area contributed by atoms with Crippen LogP contribution in [0.3, 0.4) is 0 Å². The number of rotatable bonds is 3. The lowest BCUT2D eigenvalue weighted by Crippen LogP contribution is -1.99. The van der Waals surface area contributed by atoms with E-state index in [0.29, 0.717) is 11.8 Å². The third kappa shape index (κ3) is 2.58. The second kappa shape index (κ2) is 6.05. The fourth-order valence-corrected chi connectivity index (χ4v) is 3.72. The molecule has 0 aliphatic heterocycles. The summed E-state index contributed by atoms with van der Waals surface area (Å²) in [5.41, 5.74) is 3.57. The maximum atomic E-state index is 6.26. The molecule has 0 saturated carbocycles. The Morgan fingerprint density at radius 1 is 0.885 bits per heavy atom. The number of halogens is 1. The summed E-state index contributed by atoms with van der Waals surface area (Å²) in [5, 5.41) is 9.94. The molecule has 2 aromatic carbocycles. The average Bonchev–Trinajstić information content (AvgIpc) is 3.23. The number of fused-ring (bicyclic) bond motifs is 2. The second-order valence-corrected chi connectivity index (χ2v) is 6.79. The van der Waals surface area contributed by atoms with Gasteiger partial charge < -0.3 is 5.32 Å². The van der Waals surface area contributed by atoms with Gasteiger partial charge in [0.1, 0.15) is 0 Å². The largest absolute Gasteiger partial charge is 0.305 e. The molecule has 3 aromatic heterocycles. The number of thiazole rings is 1. The Bertz CT molecular complexity index is 1230. The molecule has 0 saturated heterocycles. The van der Waals surface area contributed by atoms with Gasteiger partial charge in [0.2, 0.25) is 10.9 Å². The third-order valence-electron chi connectivity index (χ3n) is 3.91. The number of benzene rings is 2. The average molecular weight is 379 g/mol. The predicted molar refractivity (Wildman–Crippen MR) is 104 cm³/mol. The van der Waals surface area contributed by atoms with Crippen LogP contribution in [0.2, 0.25) is 5.15 Å². The van der Waals surface area contributed by atoms with Crippen molar-refractivity contribution >= 4 is 50.7 Å². The van der Waals surface area contributed by atoms with Gasteiger partial charge in [-0.1, -0.05) is 54.1 Å². The number of anilines is 2. The van der Waals surface area contributed by atoms with E-state index < -0.39 is 0 Å². The van der Waals surface area contributed by atoms with Crippen molar-refractivity contribution in [3.63, 3.8) is 0 Å². The van der Waals surface area contributed by atoms with Crippen LogP contribution < -0.4 is 5.32 Å². The van der Waals surface area contributed by atoms with Crippen LogP contribution in [-0.4, -0.2) is 24.6 Å². The Morgan fingerprint density at radius 3 is 2.42 bits per heavy atom. The van der Waals surface area contributed by atoms with Gasteiger partial charge in [0, 0.05) is 10.9 Å². The highest BCUT2D eigenvalue weighted by molar-refractivity contribution is 7.15. The Hall–Kier alpha value is -3.03. The van der Waals surface area contributed by atoms with Crippen LogP contribution in [-0.2, 0) is 0 Å². The van der Waals surface area contributed by atoms with Crippen molar-refractivity contribution in [2.75, 3.05) is 5.32 Å². The number of nitrogens with zero attached hydrogens (tertiary/aromatic N) is 5. The van der Waals surface area contributed by atoms with Gasteiger partial charge in [0.25, 0.3) is 0 Å². The summed E-state index contributed by atoms with van der Waals surface area (Å²) in [6, 6.07) is 17.6. The van der Waals surface area contributed by atoms with E-state index >= 15 is 0 Å². The van der Waals surface area contributed by atoms with E-state index in [1.165, 1.54) is 11.3 Å². The van der Waals surface area contributed by atoms with Crippen LogP contribution in [0.25, 0.3) is 27.3 Å². The minimum atomic E-state index is 0.283. The molecule has 3 heterocycles. The normalized spacial score (nSPS) is 11.3. The van der Waals surface area contributed by atoms with Gasteiger partial charge in [-0.05, 0) is 12.1 Å². The standard InChI is InChI=1S/C18H11ClN6S/c19-15-16(21-13-9-5-4-8-12(13)20-15)22-17-23-18-25(24-17)14(10-26-18)11-6-2-1-3-7-11/h1-10H,(H,21,22,24). The lowest BCUT2D eigenvalue weighted by molar-refractivity contribution is 0.987. The van der Waals surface area contributed by atoms with Crippen molar-refractivity contribution in [1.82, 2.24) is 24.6 Å². The third-order valence-corrected chi connectivity index (χ3v) is 4.99. The zero-order valence-electron chi connectivity index (χ0n) is 13.3. The number of hydrogen-bond donors (Lipinski definition) is 1. The minimum Gasteiger partial charge on any atom is -0.305 e. The van der Waals surface area contributed by atoms with E-state index in [2.05, 4.69) is 25.4 Å². The van der Waals surface area contributed by atoms with Crippen LogP contribution in [0.5, 0.6) is 0 Å². The van der Waals surface area contributed by atoms with Gasteiger partial charge in [0.15, 0.2) is 11.0 Å². The van der Waals surface area contributed by atoms with E-state index in [1.54, 1.807) is 0 Å². The van der Waals surface area contributed by atoms with Crippen LogP contribution >= 0.6 is 22.9 Å². The first-order chi connectivity index (χ1) is 12.8. The van der Waals surface area contributed by atoms with Crippen molar-refractivity contribution in [1.29, 1.82) is 0 Å². The van der Waals surface area contributed by atoms with Gasteiger partial charge in [0.05, 0.1) is 16.7 Å². The summed E-state index contributed by atoms with van der Waals surface area (Å²) in [7, 11) is 0. The van der Waals surface area contributed by atoms with Gasteiger partial charge >= 0.3 is 0 Å². The quantitative estimate of drug-likeness (QED) is 0.488. The maximum Gasteiger partial charge on any atom is 0.249 e. The van der Waals surface area contributed by atoms with Crippen molar-refractivity contribution in [3.05, 3.63) is 65.1 Å². The lowest BCUT2D eigenvalue weighted by Gasteiger charge is -2.04. The monoisotopic (exact) mass is 378 g/mol. The maximum absolute atomic E-state index is 6.26. The van der Waals surface area contributed by atoms with Crippen molar-refractivity contribution < 1.29 is 0 Å². The number of nitrogens with one attached hydrogen (secondary N) is 1. The number of aromatic nitrogens is 5. The van der Waals surface area contributed by atoms with Crippen LogP contribution in [0, 0.1) is 0 Å². The topological polar surface area (TPSA) is 68.0 Å². The van der Waals surface area contributed by atoms with E-state index in [9.17, 15) is 0 Å². The van der Waals surface area contributed by atoms with E-state index in [0.717, 1.165) is 27.3 Å². The zero-order valence-corrected chi connectivity index (χ0v) is 14.9. The van der Waals surface area contributed by atoms with Crippen molar-refractivity contribution in [3.8, 4) is 11.3 Å². The summed E-state index contributed by atoms with van der Waals surface area (Å²) >= 11 is 7.78. The SMILES string of the molecule is Clc1nc2ccccc2nc1Nc1nc2scc(-c3ccccc3)n2n1. The molecule has 0 atom stereocenters. The number of para-hydroxylation sites is 2. The fraction of sp³-hybridized carbons (Fsp3) is 0. The summed E-state index contributed by atoms with van der Waals surface area (Å²) in [6.07, 6.45) is 0. The fourth-order valence-electron chi connectivity index (χ4n) is 2.71. The molecule has 0 aliphatic rings. The molecule has 0 radical (unpaired) electrons.